The van der Waals surface area contributed by atoms with Gasteiger partial charge in [-0.15, -0.1) is 0 Å². The van der Waals surface area contributed by atoms with E-state index in [1.165, 1.54) is 0 Å². The normalized spacial score (nSPS) is 21.4. The summed E-state index contributed by atoms with van der Waals surface area (Å²) in [5, 5.41) is 7.22. The molecule has 1 aliphatic rings. The molecular weight excluding hydrogens is 246 g/mol. The molecule has 0 radical (unpaired) electrons. The molecule has 1 N–H and O–H groups in total. The van der Waals surface area contributed by atoms with Gasteiger partial charge in [-0.1, -0.05) is 0 Å². The minimum atomic E-state index is -0.0262. The Bertz CT molecular complexity index is 335. The van der Waals surface area contributed by atoms with E-state index in [0.29, 0.717) is 5.69 Å². The first-order valence-corrected chi connectivity index (χ1v) is 5.44. The number of hydrogen-bond donors (Lipinski definition) is 1. The number of aryl methyl sites for hydroxylation is 1. The van der Waals surface area contributed by atoms with Crippen LogP contribution in [0, 0.1) is 0 Å². The average Bonchev–Trinajstić information content (AvgIpc) is 2.75. The molecule has 76 valence electrons. The number of rotatable bonds is 2. The quantitative estimate of drug-likeness (QED) is 0.808. The third-order valence-electron chi connectivity index (χ3n) is 2.50. The molecule has 0 bridgehead atoms. The van der Waals surface area contributed by atoms with Gasteiger partial charge in [-0.2, -0.15) is 5.10 Å². The zero-order valence-corrected chi connectivity index (χ0v) is 9.54. The first-order valence-electron chi connectivity index (χ1n) is 4.65. The van der Waals surface area contributed by atoms with Crippen molar-refractivity contribution in [2.45, 2.75) is 18.9 Å². The minimum Gasteiger partial charge on any atom is -0.307 e. The molecule has 0 spiro atoms. The zero-order valence-electron chi connectivity index (χ0n) is 7.96. The van der Waals surface area contributed by atoms with E-state index in [-0.39, 0.29) is 11.8 Å². The van der Waals surface area contributed by atoms with Crippen molar-refractivity contribution in [2.24, 2.45) is 7.05 Å². The van der Waals surface area contributed by atoms with Crippen LogP contribution in [-0.2, 0) is 7.05 Å². The molecule has 0 aromatic carbocycles. The van der Waals surface area contributed by atoms with Crippen molar-refractivity contribution >= 4 is 21.7 Å². The summed E-state index contributed by atoms with van der Waals surface area (Å²) in [6.07, 6.45) is 3.66. The molecule has 1 atom stereocenters. The van der Waals surface area contributed by atoms with E-state index in [4.69, 9.17) is 0 Å². The van der Waals surface area contributed by atoms with Crippen molar-refractivity contribution in [3.05, 3.63) is 16.4 Å². The number of halogens is 1. The molecule has 0 amide bonds. The zero-order chi connectivity index (χ0) is 10.1. The van der Waals surface area contributed by atoms with Gasteiger partial charge in [-0.05, 0) is 35.3 Å². The first kappa shape index (κ1) is 9.86. The fraction of sp³-hybridized carbons (Fsp3) is 0.556. The smallest absolute Gasteiger partial charge is 0.198 e. The Morgan fingerprint density at radius 2 is 2.57 bits per heavy atom. The molecule has 2 rings (SSSR count). The summed E-state index contributed by atoms with van der Waals surface area (Å²) in [5.74, 6) is 0.134. The molecule has 0 aliphatic carbocycles. The van der Waals surface area contributed by atoms with Gasteiger partial charge in [0.2, 0.25) is 0 Å². The van der Waals surface area contributed by atoms with Crippen molar-refractivity contribution in [3.8, 4) is 0 Å². The van der Waals surface area contributed by atoms with E-state index in [1.807, 2.05) is 0 Å². The summed E-state index contributed by atoms with van der Waals surface area (Å²) in [6.45, 7) is 0.936. The summed E-state index contributed by atoms with van der Waals surface area (Å²) in [4.78, 5) is 12.0. The third-order valence-corrected chi connectivity index (χ3v) is 3.08. The number of hydrogen-bond acceptors (Lipinski definition) is 3. The summed E-state index contributed by atoms with van der Waals surface area (Å²) in [7, 11) is 1.78. The van der Waals surface area contributed by atoms with E-state index in [2.05, 4.69) is 26.3 Å². The molecule has 1 fully saturated rings. The highest BCUT2D eigenvalue weighted by atomic mass is 79.9. The summed E-state index contributed by atoms with van der Waals surface area (Å²) < 4.78 is 2.39. The molecule has 1 aromatic heterocycles. The maximum absolute atomic E-state index is 12.0. The van der Waals surface area contributed by atoms with E-state index >= 15 is 0 Å². The predicted octanol–water partition coefficient (Wildman–Crippen LogP) is 1.12. The van der Waals surface area contributed by atoms with Crippen LogP contribution in [0.2, 0.25) is 0 Å². The summed E-state index contributed by atoms with van der Waals surface area (Å²) in [6, 6.07) is -0.0262. The van der Waals surface area contributed by atoms with Gasteiger partial charge in [0.15, 0.2) is 5.78 Å². The van der Waals surface area contributed by atoms with Crippen LogP contribution in [0.4, 0.5) is 0 Å². The molecule has 0 saturated carbocycles. The molecule has 5 heteroatoms. The number of nitrogens with zero attached hydrogens (tertiary/aromatic N) is 2. The van der Waals surface area contributed by atoms with Gasteiger partial charge in [0.25, 0.3) is 0 Å². The van der Waals surface area contributed by atoms with Crippen LogP contribution in [0.5, 0.6) is 0 Å². The Kier molecular flexibility index (Phi) is 2.69. The molecule has 1 aliphatic heterocycles. The van der Waals surface area contributed by atoms with E-state index in [0.717, 1.165) is 23.9 Å². The van der Waals surface area contributed by atoms with Gasteiger partial charge in [-0.25, -0.2) is 0 Å². The van der Waals surface area contributed by atoms with E-state index in [9.17, 15) is 4.79 Å². The second kappa shape index (κ2) is 3.82. The maximum atomic E-state index is 12.0. The monoisotopic (exact) mass is 257 g/mol. The molecule has 1 unspecified atom stereocenters. The van der Waals surface area contributed by atoms with Gasteiger partial charge in [-0.3, -0.25) is 9.48 Å². The topological polar surface area (TPSA) is 46.9 Å². The van der Waals surface area contributed by atoms with Crippen molar-refractivity contribution in [1.82, 2.24) is 15.1 Å². The first-order chi connectivity index (χ1) is 6.70. The Hall–Kier alpha value is -0.680. The predicted molar refractivity (Wildman–Crippen MR) is 56.3 cm³/mol. The second-order valence-corrected chi connectivity index (χ2v) is 4.33. The molecular formula is C9H12BrN3O. The standard InChI is InChI=1S/C9H12BrN3O/c1-13-8(6(10)5-12-13)9(14)7-3-2-4-11-7/h5,7,11H,2-4H2,1H3. The lowest BCUT2D eigenvalue weighted by Crippen LogP contribution is -2.32. The molecule has 2 heterocycles. The average molecular weight is 258 g/mol. The second-order valence-electron chi connectivity index (χ2n) is 3.48. The van der Waals surface area contributed by atoms with Gasteiger partial charge >= 0.3 is 0 Å². The van der Waals surface area contributed by atoms with Crippen LogP contribution in [0.25, 0.3) is 0 Å². The van der Waals surface area contributed by atoms with Crippen molar-refractivity contribution in [1.29, 1.82) is 0 Å². The lowest BCUT2D eigenvalue weighted by atomic mass is 10.1. The number of ketones is 1. The Labute approximate surface area is 90.8 Å². The van der Waals surface area contributed by atoms with Gasteiger partial charge < -0.3 is 5.32 Å². The summed E-state index contributed by atoms with van der Waals surface area (Å²) in [5.41, 5.74) is 0.657. The number of nitrogens with one attached hydrogen (secondary N) is 1. The van der Waals surface area contributed by atoms with Crippen molar-refractivity contribution < 1.29 is 4.79 Å². The van der Waals surface area contributed by atoms with Crippen LogP contribution >= 0.6 is 15.9 Å². The maximum Gasteiger partial charge on any atom is 0.198 e. The lowest BCUT2D eigenvalue weighted by molar-refractivity contribution is 0.0942. The molecule has 14 heavy (non-hydrogen) atoms. The van der Waals surface area contributed by atoms with Gasteiger partial charge in [0, 0.05) is 7.05 Å². The lowest BCUT2D eigenvalue weighted by Gasteiger charge is -2.09. The van der Waals surface area contributed by atoms with E-state index < -0.39 is 0 Å². The third kappa shape index (κ3) is 1.62. The fourth-order valence-corrected chi connectivity index (χ4v) is 2.30. The van der Waals surface area contributed by atoms with Crippen LogP contribution in [0.3, 0.4) is 0 Å². The molecule has 1 saturated heterocycles. The highest BCUT2D eigenvalue weighted by Crippen LogP contribution is 2.19. The number of carbonyl (C=O) groups is 1. The van der Waals surface area contributed by atoms with Crippen molar-refractivity contribution in [3.63, 3.8) is 0 Å². The van der Waals surface area contributed by atoms with Crippen LogP contribution in [0.1, 0.15) is 23.3 Å². The Morgan fingerprint density at radius 1 is 1.79 bits per heavy atom. The number of aromatic nitrogens is 2. The summed E-state index contributed by atoms with van der Waals surface area (Å²) >= 11 is 3.33. The minimum absolute atomic E-state index is 0.0262. The van der Waals surface area contributed by atoms with Gasteiger partial charge in [0.1, 0.15) is 5.69 Å². The number of carbonyl (C=O) groups excluding carboxylic acids is 1. The largest absolute Gasteiger partial charge is 0.307 e. The Morgan fingerprint density at radius 3 is 3.07 bits per heavy atom. The SMILES string of the molecule is Cn1ncc(Br)c1C(=O)C1CCCN1. The van der Waals surface area contributed by atoms with Crippen LogP contribution in [0.15, 0.2) is 10.7 Å². The van der Waals surface area contributed by atoms with Gasteiger partial charge in [0.05, 0.1) is 16.7 Å². The highest BCUT2D eigenvalue weighted by molar-refractivity contribution is 9.10. The van der Waals surface area contributed by atoms with Crippen LogP contribution < -0.4 is 5.32 Å². The number of Topliss-reactive ketones (excluding diaryl/α,β-unsaturated/α-hetero) is 1. The van der Waals surface area contributed by atoms with Crippen LogP contribution in [-0.4, -0.2) is 28.2 Å². The van der Waals surface area contributed by atoms with Crippen molar-refractivity contribution in [2.75, 3.05) is 6.54 Å². The highest BCUT2D eigenvalue weighted by Gasteiger charge is 2.26. The molecule has 4 nitrogen and oxygen atoms in total. The Balaban J connectivity index is 2.25. The van der Waals surface area contributed by atoms with E-state index in [1.54, 1.807) is 17.9 Å². The molecule has 1 aromatic rings. The fourth-order valence-electron chi connectivity index (χ4n) is 1.76.